The Balaban J connectivity index is 1.46. The quantitative estimate of drug-likeness (QED) is 0.312. The predicted octanol–water partition coefficient (Wildman–Crippen LogP) is 6.14. The molecule has 36 heavy (non-hydrogen) atoms. The average molecular weight is 501 g/mol. The predicted molar refractivity (Wildman–Crippen MR) is 147 cm³/mol. The first-order chi connectivity index (χ1) is 17.5. The summed E-state index contributed by atoms with van der Waals surface area (Å²) < 4.78 is 0. The zero-order chi connectivity index (χ0) is 25.1. The van der Waals surface area contributed by atoms with Crippen LogP contribution in [0.3, 0.4) is 0 Å². The molecule has 184 valence electrons. The Labute approximate surface area is 215 Å². The van der Waals surface area contributed by atoms with Crippen LogP contribution in [0.5, 0.6) is 5.88 Å². The SMILES string of the molecule is CN(C(=O)CN1CCCCC1)c1ccc(N=C(c2ccccc2)c2c(O)[nH]c3cc(Cl)ccc23)cc1. The van der Waals surface area contributed by atoms with E-state index in [0.717, 1.165) is 53.8 Å². The number of anilines is 1. The maximum absolute atomic E-state index is 12.8. The van der Waals surface area contributed by atoms with Gasteiger partial charge in [0.25, 0.3) is 0 Å². The molecule has 2 N–H and O–H groups in total. The van der Waals surface area contributed by atoms with Crippen molar-refractivity contribution in [3.8, 4) is 5.88 Å². The first kappa shape index (κ1) is 24.1. The monoisotopic (exact) mass is 500 g/mol. The number of benzene rings is 3. The molecule has 1 amide bonds. The van der Waals surface area contributed by atoms with Gasteiger partial charge < -0.3 is 15.0 Å². The normalized spacial score (nSPS) is 14.8. The molecule has 0 radical (unpaired) electrons. The van der Waals surface area contributed by atoms with Crippen LogP contribution in [0.25, 0.3) is 10.9 Å². The van der Waals surface area contributed by atoms with Crippen molar-refractivity contribution >= 4 is 45.5 Å². The minimum Gasteiger partial charge on any atom is -0.494 e. The lowest BCUT2D eigenvalue weighted by Gasteiger charge is -2.28. The summed E-state index contributed by atoms with van der Waals surface area (Å²) in [6.07, 6.45) is 3.57. The number of carbonyl (C=O) groups excluding carboxylic acids is 1. The van der Waals surface area contributed by atoms with Gasteiger partial charge in [-0.05, 0) is 62.3 Å². The highest BCUT2D eigenvalue weighted by Crippen LogP contribution is 2.33. The Morgan fingerprint density at radius 1 is 1.03 bits per heavy atom. The molecule has 0 saturated carbocycles. The van der Waals surface area contributed by atoms with Crippen molar-refractivity contribution in [1.29, 1.82) is 0 Å². The van der Waals surface area contributed by atoms with Gasteiger partial charge in [-0.25, -0.2) is 4.99 Å². The molecular formula is C29H29ClN4O2. The highest BCUT2D eigenvalue weighted by Gasteiger charge is 2.20. The van der Waals surface area contributed by atoms with Crippen LogP contribution in [0.2, 0.25) is 5.02 Å². The Bertz CT molecular complexity index is 1390. The van der Waals surface area contributed by atoms with E-state index in [9.17, 15) is 9.90 Å². The summed E-state index contributed by atoms with van der Waals surface area (Å²) in [5.74, 6) is 0.120. The molecule has 0 unspecified atom stereocenters. The number of aliphatic imine (C=N–C) groups is 1. The van der Waals surface area contributed by atoms with Gasteiger partial charge in [-0.3, -0.25) is 9.69 Å². The van der Waals surface area contributed by atoms with Gasteiger partial charge in [0.1, 0.15) is 0 Å². The summed E-state index contributed by atoms with van der Waals surface area (Å²) in [4.78, 5) is 24.7. The Morgan fingerprint density at radius 3 is 2.47 bits per heavy atom. The van der Waals surface area contributed by atoms with Crippen LogP contribution in [-0.4, -0.2) is 53.3 Å². The molecule has 6 nitrogen and oxygen atoms in total. The molecule has 0 atom stereocenters. The van der Waals surface area contributed by atoms with Crippen molar-refractivity contribution in [2.75, 3.05) is 31.6 Å². The molecule has 0 bridgehead atoms. The largest absolute Gasteiger partial charge is 0.494 e. The number of fused-ring (bicyclic) bond motifs is 1. The minimum absolute atomic E-state index is 0.0366. The lowest BCUT2D eigenvalue weighted by molar-refractivity contribution is -0.119. The van der Waals surface area contributed by atoms with Gasteiger partial charge in [0.15, 0.2) is 5.88 Å². The van der Waals surface area contributed by atoms with E-state index in [2.05, 4.69) is 9.88 Å². The van der Waals surface area contributed by atoms with Crippen molar-refractivity contribution in [2.24, 2.45) is 4.99 Å². The van der Waals surface area contributed by atoms with Gasteiger partial charge in [-0.2, -0.15) is 0 Å². The maximum Gasteiger partial charge on any atom is 0.240 e. The molecule has 1 fully saturated rings. The molecule has 7 heteroatoms. The van der Waals surface area contributed by atoms with Crippen LogP contribution in [0.15, 0.2) is 77.8 Å². The number of rotatable bonds is 6. The number of likely N-dealkylation sites (N-methyl/N-ethyl adjacent to an activating group) is 1. The van der Waals surface area contributed by atoms with Crippen molar-refractivity contribution in [3.05, 3.63) is 88.9 Å². The number of carbonyl (C=O) groups is 1. The standard InChI is InChI=1S/C29H29ClN4O2/c1-33(26(35)19-34-16-6-3-7-17-34)23-13-11-22(12-14-23)31-28(20-8-4-2-5-9-20)27-24-15-10-21(30)18-25(24)32-29(27)36/h2,4-5,8-15,18,32,36H,3,6-7,16-17,19H2,1H3. The first-order valence-electron chi connectivity index (χ1n) is 12.2. The van der Waals surface area contributed by atoms with E-state index in [1.165, 1.54) is 6.42 Å². The van der Waals surface area contributed by atoms with Gasteiger partial charge >= 0.3 is 0 Å². The number of H-pyrrole nitrogens is 1. The van der Waals surface area contributed by atoms with Crippen molar-refractivity contribution in [3.63, 3.8) is 0 Å². The summed E-state index contributed by atoms with van der Waals surface area (Å²) in [5, 5.41) is 12.2. The number of nitrogens with one attached hydrogen (secondary N) is 1. The second-order valence-electron chi connectivity index (χ2n) is 9.17. The number of halogens is 1. The van der Waals surface area contributed by atoms with Crippen LogP contribution < -0.4 is 4.90 Å². The lowest BCUT2D eigenvalue weighted by atomic mass is 10.0. The molecule has 3 aromatic carbocycles. The number of nitrogens with zero attached hydrogens (tertiary/aromatic N) is 3. The summed E-state index contributed by atoms with van der Waals surface area (Å²) in [6, 6.07) is 22.8. The minimum atomic E-state index is 0.0366. The van der Waals surface area contributed by atoms with Gasteiger partial charge in [0.2, 0.25) is 5.91 Å². The van der Waals surface area contributed by atoms with E-state index < -0.39 is 0 Å². The van der Waals surface area contributed by atoms with Crippen LogP contribution in [0.1, 0.15) is 30.4 Å². The molecular weight excluding hydrogens is 472 g/mol. The molecule has 2 heterocycles. The molecule has 1 saturated heterocycles. The molecule has 1 aliphatic heterocycles. The number of aromatic hydroxyl groups is 1. The zero-order valence-corrected chi connectivity index (χ0v) is 21.0. The number of likely N-dealkylation sites (tertiary alicyclic amines) is 1. The summed E-state index contributed by atoms with van der Waals surface area (Å²) >= 11 is 6.16. The molecule has 5 rings (SSSR count). The fourth-order valence-corrected chi connectivity index (χ4v) is 4.87. The molecule has 1 aliphatic rings. The van der Waals surface area contributed by atoms with E-state index in [1.807, 2.05) is 67.7 Å². The van der Waals surface area contributed by atoms with Crippen LogP contribution in [-0.2, 0) is 4.79 Å². The van der Waals surface area contributed by atoms with Crippen molar-refractivity contribution in [2.45, 2.75) is 19.3 Å². The zero-order valence-electron chi connectivity index (χ0n) is 20.2. The number of hydrogen-bond acceptors (Lipinski definition) is 4. The Hall–Kier alpha value is -3.61. The molecule has 0 spiro atoms. The van der Waals surface area contributed by atoms with Gasteiger partial charge in [-0.15, -0.1) is 0 Å². The van der Waals surface area contributed by atoms with E-state index >= 15 is 0 Å². The molecule has 1 aromatic heterocycles. The topological polar surface area (TPSA) is 71.9 Å². The Morgan fingerprint density at radius 2 is 1.75 bits per heavy atom. The average Bonchev–Trinajstić information content (AvgIpc) is 3.22. The van der Waals surface area contributed by atoms with Crippen molar-refractivity contribution in [1.82, 2.24) is 9.88 Å². The summed E-state index contributed by atoms with van der Waals surface area (Å²) in [6.45, 7) is 2.42. The van der Waals surface area contributed by atoms with Crippen LogP contribution >= 0.6 is 11.6 Å². The van der Waals surface area contributed by atoms with Crippen LogP contribution in [0.4, 0.5) is 11.4 Å². The van der Waals surface area contributed by atoms with Gasteiger partial charge in [-0.1, -0.05) is 54.4 Å². The highest BCUT2D eigenvalue weighted by molar-refractivity contribution is 6.31. The highest BCUT2D eigenvalue weighted by atomic mass is 35.5. The summed E-state index contributed by atoms with van der Waals surface area (Å²) in [7, 11) is 1.81. The first-order valence-corrected chi connectivity index (χ1v) is 12.6. The van der Waals surface area contributed by atoms with Crippen LogP contribution in [0, 0.1) is 0 Å². The third-order valence-electron chi connectivity index (χ3n) is 6.68. The second kappa shape index (κ2) is 10.6. The smallest absolute Gasteiger partial charge is 0.240 e. The second-order valence-corrected chi connectivity index (χ2v) is 9.61. The number of aromatic nitrogens is 1. The number of hydrogen-bond donors (Lipinski definition) is 2. The van der Waals surface area contributed by atoms with Gasteiger partial charge in [0, 0.05) is 28.7 Å². The fraction of sp³-hybridized carbons (Fsp3) is 0.241. The Kier molecular flexibility index (Phi) is 7.07. The third-order valence-corrected chi connectivity index (χ3v) is 6.92. The third kappa shape index (κ3) is 5.15. The summed E-state index contributed by atoms with van der Waals surface area (Å²) in [5.41, 5.74) is 4.41. The molecule has 0 aliphatic carbocycles. The van der Waals surface area contributed by atoms with E-state index in [4.69, 9.17) is 16.6 Å². The number of piperidine rings is 1. The number of amides is 1. The van der Waals surface area contributed by atoms with E-state index in [0.29, 0.717) is 22.8 Å². The fourth-order valence-electron chi connectivity index (χ4n) is 4.69. The number of aromatic amines is 1. The van der Waals surface area contributed by atoms with Crippen molar-refractivity contribution < 1.29 is 9.90 Å². The molecule has 4 aromatic rings. The van der Waals surface area contributed by atoms with E-state index in [1.54, 1.807) is 17.0 Å². The van der Waals surface area contributed by atoms with E-state index in [-0.39, 0.29) is 11.8 Å². The van der Waals surface area contributed by atoms with Gasteiger partial charge in [0.05, 0.1) is 29.0 Å². The lowest BCUT2D eigenvalue weighted by Crippen LogP contribution is -2.40. The maximum atomic E-state index is 12.8.